The molecule has 5 rings (SSSR count). The van der Waals surface area contributed by atoms with Gasteiger partial charge in [-0.3, -0.25) is 4.90 Å². The lowest BCUT2D eigenvalue weighted by atomic mass is 10.0. The first-order valence-corrected chi connectivity index (χ1v) is 12.5. The Balaban J connectivity index is 1.48. The van der Waals surface area contributed by atoms with E-state index in [1.165, 1.54) is 43.3 Å². The van der Waals surface area contributed by atoms with E-state index in [1.807, 2.05) is 12.3 Å². The quantitative estimate of drug-likeness (QED) is 0.415. The molecule has 0 atom stereocenters. The van der Waals surface area contributed by atoms with Crippen LogP contribution in [0.4, 0.5) is 0 Å². The molecule has 1 aliphatic heterocycles. The van der Waals surface area contributed by atoms with E-state index < -0.39 is 10.1 Å². The Kier molecular flexibility index (Phi) is 5.24. The molecule has 0 unspecified atom stereocenters. The lowest BCUT2D eigenvalue weighted by molar-refractivity contribution is 0.221. The highest BCUT2D eigenvalue weighted by Gasteiger charge is 2.16. The van der Waals surface area contributed by atoms with Crippen LogP contribution in [0.5, 0.6) is 5.75 Å². The number of benzene rings is 2. The van der Waals surface area contributed by atoms with E-state index in [0.717, 1.165) is 34.1 Å². The first-order valence-electron chi connectivity index (χ1n) is 10.9. The van der Waals surface area contributed by atoms with Crippen LogP contribution in [0.25, 0.3) is 32.9 Å². The highest BCUT2D eigenvalue weighted by molar-refractivity contribution is 7.87. The maximum Gasteiger partial charge on any atom is 0.308 e. The van der Waals surface area contributed by atoms with Crippen molar-refractivity contribution in [1.29, 1.82) is 0 Å². The zero-order valence-electron chi connectivity index (χ0n) is 17.6. The molecule has 3 heterocycles. The van der Waals surface area contributed by atoms with Crippen molar-refractivity contribution in [3.63, 3.8) is 0 Å². The van der Waals surface area contributed by atoms with Gasteiger partial charge in [-0.15, -0.1) is 0 Å². The number of hydrogen-bond acceptors (Lipinski definition) is 4. The number of rotatable bonds is 6. The summed E-state index contributed by atoms with van der Waals surface area (Å²) < 4.78 is 29.2. The number of aromatic amines is 2. The van der Waals surface area contributed by atoms with Gasteiger partial charge in [0.05, 0.1) is 5.75 Å². The Hall–Kier alpha value is -2.77. The smallest absolute Gasteiger partial charge is 0.308 e. The van der Waals surface area contributed by atoms with Gasteiger partial charge in [0, 0.05) is 51.9 Å². The van der Waals surface area contributed by atoms with E-state index in [2.05, 4.69) is 39.1 Å². The van der Waals surface area contributed by atoms with Gasteiger partial charge in [-0.05, 0) is 68.8 Å². The fourth-order valence-corrected chi connectivity index (χ4v) is 4.97. The standard InChI is InChI=1S/C24H27N3O3S/c1-2-31(28,29)30-24-9-7-19(20-14-25-15-21(20)24)23-13-18-12-17(6-8-22(18)26-23)16-27-10-4-3-5-11-27/h6-9,12-15,25-26H,2-5,10-11,16H2,1H3. The van der Waals surface area contributed by atoms with Gasteiger partial charge in [0.2, 0.25) is 0 Å². The molecule has 7 heteroatoms. The number of likely N-dealkylation sites (tertiary alicyclic amines) is 1. The molecule has 2 aromatic heterocycles. The van der Waals surface area contributed by atoms with Gasteiger partial charge in [-0.2, -0.15) is 8.42 Å². The summed E-state index contributed by atoms with van der Waals surface area (Å²) in [5.41, 5.74) is 4.43. The van der Waals surface area contributed by atoms with Crippen molar-refractivity contribution in [2.45, 2.75) is 32.7 Å². The normalized spacial score (nSPS) is 15.6. The van der Waals surface area contributed by atoms with Crippen molar-refractivity contribution in [1.82, 2.24) is 14.9 Å². The Labute approximate surface area is 182 Å². The monoisotopic (exact) mass is 437 g/mol. The van der Waals surface area contributed by atoms with Gasteiger partial charge >= 0.3 is 10.1 Å². The molecule has 31 heavy (non-hydrogen) atoms. The third-order valence-electron chi connectivity index (χ3n) is 6.10. The second-order valence-corrected chi connectivity index (χ2v) is 10.1. The van der Waals surface area contributed by atoms with Crippen LogP contribution in [-0.4, -0.2) is 42.1 Å². The lowest BCUT2D eigenvalue weighted by Crippen LogP contribution is -2.28. The average molecular weight is 438 g/mol. The molecule has 4 aromatic rings. The summed E-state index contributed by atoms with van der Waals surface area (Å²) >= 11 is 0. The molecule has 1 fully saturated rings. The minimum Gasteiger partial charge on any atom is -0.382 e. The zero-order chi connectivity index (χ0) is 21.4. The van der Waals surface area contributed by atoms with Gasteiger partial charge in [-0.1, -0.05) is 12.5 Å². The van der Waals surface area contributed by atoms with Gasteiger partial charge in [-0.25, -0.2) is 0 Å². The van der Waals surface area contributed by atoms with Crippen LogP contribution in [0.2, 0.25) is 0 Å². The number of nitrogens with one attached hydrogen (secondary N) is 2. The molecule has 6 nitrogen and oxygen atoms in total. The molecule has 0 bridgehead atoms. The van der Waals surface area contributed by atoms with Crippen LogP contribution in [0.15, 0.2) is 48.8 Å². The topological polar surface area (TPSA) is 78.2 Å². The van der Waals surface area contributed by atoms with Gasteiger partial charge in [0.1, 0.15) is 0 Å². The molecular formula is C24H27N3O3S. The second-order valence-electron chi connectivity index (χ2n) is 8.27. The molecule has 2 N–H and O–H groups in total. The van der Waals surface area contributed by atoms with Crippen LogP contribution in [0, 0.1) is 0 Å². The Bertz CT molecular complexity index is 1330. The number of nitrogens with zero attached hydrogens (tertiary/aromatic N) is 1. The Morgan fingerprint density at radius 2 is 1.81 bits per heavy atom. The Morgan fingerprint density at radius 1 is 1.00 bits per heavy atom. The molecule has 1 aliphatic rings. The summed E-state index contributed by atoms with van der Waals surface area (Å²) in [6.45, 7) is 4.94. The molecule has 162 valence electrons. The number of H-pyrrole nitrogens is 2. The van der Waals surface area contributed by atoms with Crippen molar-refractivity contribution in [3.05, 3.63) is 54.4 Å². The first-order chi connectivity index (χ1) is 15.0. The lowest BCUT2D eigenvalue weighted by Gasteiger charge is -2.26. The van der Waals surface area contributed by atoms with E-state index in [-0.39, 0.29) is 5.75 Å². The van der Waals surface area contributed by atoms with Crippen molar-refractivity contribution in [2.24, 2.45) is 0 Å². The van der Waals surface area contributed by atoms with Crippen molar-refractivity contribution < 1.29 is 12.6 Å². The van der Waals surface area contributed by atoms with E-state index in [9.17, 15) is 8.42 Å². The van der Waals surface area contributed by atoms with Gasteiger partial charge < -0.3 is 14.2 Å². The molecule has 0 spiro atoms. The van der Waals surface area contributed by atoms with Crippen molar-refractivity contribution in [3.8, 4) is 17.0 Å². The number of hydrogen-bond donors (Lipinski definition) is 2. The summed E-state index contributed by atoms with van der Waals surface area (Å²) in [7, 11) is -3.58. The molecule has 0 amide bonds. The highest BCUT2D eigenvalue weighted by Crippen LogP contribution is 2.36. The largest absolute Gasteiger partial charge is 0.382 e. The minimum absolute atomic E-state index is 0.0670. The third-order valence-corrected chi connectivity index (χ3v) is 7.24. The number of fused-ring (bicyclic) bond motifs is 2. The first kappa shape index (κ1) is 20.2. The molecular weight excluding hydrogens is 410 g/mol. The van der Waals surface area contributed by atoms with Crippen molar-refractivity contribution >= 4 is 31.8 Å². The number of aromatic nitrogens is 2. The average Bonchev–Trinajstić information content (AvgIpc) is 3.42. The molecule has 2 aromatic carbocycles. The fourth-order valence-electron chi connectivity index (χ4n) is 4.43. The molecule has 1 saturated heterocycles. The Morgan fingerprint density at radius 3 is 2.61 bits per heavy atom. The van der Waals surface area contributed by atoms with E-state index in [4.69, 9.17) is 4.18 Å². The summed E-state index contributed by atoms with van der Waals surface area (Å²) in [6.07, 6.45) is 7.59. The van der Waals surface area contributed by atoms with Crippen LogP contribution >= 0.6 is 0 Å². The van der Waals surface area contributed by atoms with Gasteiger partial charge in [0.15, 0.2) is 5.75 Å². The van der Waals surface area contributed by atoms with E-state index >= 15 is 0 Å². The van der Waals surface area contributed by atoms with E-state index in [1.54, 1.807) is 19.2 Å². The van der Waals surface area contributed by atoms with Crippen molar-refractivity contribution in [2.75, 3.05) is 18.8 Å². The zero-order valence-corrected chi connectivity index (χ0v) is 18.5. The van der Waals surface area contributed by atoms with Crippen LogP contribution in [-0.2, 0) is 16.7 Å². The second kappa shape index (κ2) is 8.05. The van der Waals surface area contributed by atoms with Crippen LogP contribution in [0.1, 0.15) is 31.7 Å². The highest BCUT2D eigenvalue weighted by atomic mass is 32.2. The molecule has 0 aliphatic carbocycles. The summed E-state index contributed by atoms with van der Waals surface area (Å²) in [5, 5.41) is 2.85. The van der Waals surface area contributed by atoms with Gasteiger partial charge in [0.25, 0.3) is 0 Å². The maximum absolute atomic E-state index is 11.9. The third kappa shape index (κ3) is 4.07. The molecule has 0 radical (unpaired) electrons. The molecule has 0 saturated carbocycles. The predicted octanol–water partition coefficient (Wildman–Crippen LogP) is 5.03. The summed E-state index contributed by atoms with van der Waals surface area (Å²) in [5.74, 6) is 0.282. The minimum atomic E-state index is -3.58. The summed E-state index contributed by atoms with van der Waals surface area (Å²) in [4.78, 5) is 9.14. The van der Waals surface area contributed by atoms with Crippen LogP contribution in [0.3, 0.4) is 0 Å². The maximum atomic E-state index is 11.9. The summed E-state index contributed by atoms with van der Waals surface area (Å²) in [6, 6.07) is 12.4. The fraction of sp³-hybridized carbons (Fsp3) is 0.333. The number of piperidine rings is 1. The van der Waals surface area contributed by atoms with E-state index in [0.29, 0.717) is 5.75 Å². The predicted molar refractivity (Wildman–Crippen MR) is 125 cm³/mol. The van der Waals surface area contributed by atoms with Crippen LogP contribution < -0.4 is 4.18 Å². The SMILES string of the molecule is CCS(=O)(=O)Oc1ccc(-c2cc3cc(CN4CCCCC4)ccc3[nH]2)c2c[nH]cc12.